The summed E-state index contributed by atoms with van der Waals surface area (Å²) in [6.45, 7) is 0.0850. The van der Waals surface area contributed by atoms with Crippen molar-refractivity contribution in [3.05, 3.63) is 88.2 Å². The number of aliphatic hydroxyl groups excluding tert-OH is 1. The molecule has 0 saturated heterocycles. The van der Waals surface area contributed by atoms with Gasteiger partial charge in [0.05, 0.1) is 11.6 Å². The topological polar surface area (TPSA) is 94.9 Å². The molecule has 0 aromatic heterocycles. The van der Waals surface area contributed by atoms with E-state index in [9.17, 15) is 19.5 Å². The summed E-state index contributed by atoms with van der Waals surface area (Å²) in [6, 6.07) is 15.0. The first kappa shape index (κ1) is 21.3. The number of carbonyl (C=O) groups excluding carboxylic acids is 2. The van der Waals surface area contributed by atoms with Gasteiger partial charge >= 0.3 is 5.97 Å². The number of benzene rings is 2. The van der Waals surface area contributed by atoms with Crippen LogP contribution in [0.1, 0.15) is 30.0 Å². The number of rotatable bonds is 8. The molecule has 2 N–H and O–H groups in total. The van der Waals surface area contributed by atoms with Gasteiger partial charge in [-0.2, -0.15) is 0 Å². The van der Waals surface area contributed by atoms with Crippen LogP contribution in [0.2, 0.25) is 5.02 Å². The summed E-state index contributed by atoms with van der Waals surface area (Å²) < 4.78 is 0. The van der Waals surface area contributed by atoms with Crippen molar-refractivity contribution < 1.29 is 24.6 Å². The zero-order chi connectivity index (χ0) is 21.7. The van der Waals surface area contributed by atoms with Crippen LogP contribution in [0, 0.1) is 0 Å². The van der Waals surface area contributed by atoms with E-state index in [1.807, 2.05) is 30.3 Å². The van der Waals surface area contributed by atoms with Crippen molar-refractivity contribution in [2.24, 2.45) is 0 Å². The van der Waals surface area contributed by atoms with Gasteiger partial charge in [-0.3, -0.25) is 14.4 Å². The van der Waals surface area contributed by atoms with Gasteiger partial charge in [-0.05, 0) is 35.8 Å². The quantitative estimate of drug-likeness (QED) is 0.618. The van der Waals surface area contributed by atoms with Crippen molar-refractivity contribution in [2.45, 2.75) is 18.9 Å². The summed E-state index contributed by atoms with van der Waals surface area (Å²) in [5, 5.41) is 19.9. The molecule has 7 heteroatoms. The Bertz CT molecular complexity index is 1010. The minimum Gasteiger partial charge on any atom is -0.503 e. The second-order valence-corrected chi connectivity index (χ2v) is 7.26. The smallest absolute Gasteiger partial charge is 0.303 e. The van der Waals surface area contributed by atoms with Crippen LogP contribution in [0.3, 0.4) is 0 Å². The molecule has 30 heavy (non-hydrogen) atoms. The van der Waals surface area contributed by atoms with E-state index >= 15 is 0 Å². The molecule has 0 radical (unpaired) electrons. The Morgan fingerprint density at radius 1 is 1.07 bits per heavy atom. The van der Waals surface area contributed by atoms with Crippen LogP contribution in [0.25, 0.3) is 6.08 Å². The van der Waals surface area contributed by atoms with Crippen molar-refractivity contribution in [1.82, 2.24) is 4.90 Å². The molecule has 0 saturated carbocycles. The first-order valence-corrected chi connectivity index (χ1v) is 9.75. The minimum atomic E-state index is -0.982. The summed E-state index contributed by atoms with van der Waals surface area (Å²) >= 11 is 5.96. The molecule has 154 valence electrons. The van der Waals surface area contributed by atoms with Gasteiger partial charge in [0.1, 0.15) is 0 Å². The Labute approximate surface area is 178 Å². The lowest BCUT2D eigenvalue weighted by Crippen LogP contribution is -2.32. The van der Waals surface area contributed by atoms with Crippen LogP contribution in [0.5, 0.6) is 0 Å². The lowest BCUT2D eigenvalue weighted by Gasteiger charge is -2.26. The Morgan fingerprint density at radius 3 is 2.37 bits per heavy atom. The lowest BCUT2D eigenvalue weighted by atomic mass is 9.95. The first-order chi connectivity index (χ1) is 14.4. The molecule has 3 rings (SSSR count). The van der Waals surface area contributed by atoms with Crippen LogP contribution in [0.4, 0.5) is 0 Å². The van der Waals surface area contributed by atoms with Gasteiger partial charge in [-0.1, -0.05) is 60.1 Å². The van der Waals surface area contributed by atoms with Crippen LogP contribution >= 0.6 is 11.6 Å². The second-order valence-electron chi connectivity index (χ2n) is 6.82. The number of halogens is 1. The number of hydrogen-bond donors (Lipinski definition) is 2. The number of carbonyl (C=O) groups is 3. The van der Waals surface area contributed by atoms with Gasteiger partial charge in [0.15, 0.2) is 11.5 Å². The predicted molar refractivity (Wildman–Crippen MR) is 113 cm³/mol. The summed E-state index contributed by atoms with van der Waals surface area (Å²) in [5.41, 5.74) is 1.37. The normalized spacial score (nSPS) is 16.5. The molecule has 0 fully saturated rings. The summed E-state index contributed by atoms with van der Waals surface area (Å²) in [5.74, 6) is -2.79. The molecule has 1 amide bonds. The molecule has 2 aromatic carbocycles. The first-order valence-electron chi connectivity index (χ1n) is 9.37. The average Bonchev–Trinajstić information content (AvgIpc) is 2.98. The number of carboxylic acids is 1. The van der Waals surface area contributed by atoms with Gasteiger partial charge in [-0.15, -0.1) is 0 Å². The van der Waals surface area contributed by atoms with E-state index in [4.69, 9.17) is 16.7 Å². The fourth-order valence-electron chi connectivity index (χ4n) is 3.35. The standard InChI is InChI=1S/C23H20ClNO5/c24-17-11-9-16(10-12-17)21-20(18(26)13-8-15-5-2-1-3-6-15)22(29)23(30)25(21)14-4-7-19(27)28/h1-3,5-6,8-13,21,29H,4,7,14H2,(H,27,28)/b13-8-/t21-/m0/s1. The SMILES string of the molecule is O=C(O)CCCN1C(=O)C(O)=C(C(=O)/C=C\c2ccccc2)[C@@H]1c1ccc(Cl)cc1. The number of allylic oxidation sites excluding steroid dienone is 1. The van der Waals surface area contributed by atoms with Crippen LogP contribution in [0.15, 0.2) is 72.0 Å². The molecule has 1 atom stereocenters. The minimum absolute atomic E-state index is 0.0372. The summed E-state index contributed by atoms with van der Waals surface area (Å²) in [7, 11) is 0. The Balaban J connectivity index is 1.94. The van der Waals surface area contributed by atoms with Gasteiger partial charge in [-0.25, -0.2) is 0 Å². The number of carboxylic acid groups (broad SMARTS) is 1. The Morgan fingerprint density at radius 2 is 1.73 bits per heavy atom. The highest BCUT2D eigenvalue weighted by atomic mass is 35.5. The van der Waals surface area contributed by atoms with E-state index in [0.717, 1.165) is 5.56 Å². The molecule has 0 spiro atoms. The molecule has 1 aliphatic rings. The summed E-state index contributed by atoms with van der Waals surface area (Å²) in [4.78, 5) is 37.8. The van der Waals surface area contributed by atoms with E-state index in [2.05, 4.69) is 0 Å². The maximum Gasteiger partial charge on any atom is 0.303 e. The van der Waals surface area contributed by atoms with Gasteiger partial charge < -0.3 is 15.1 Å². The molecule has 2 aromatic rings. The van der Waals surface area contributed by atoms with Crippen molar-refractivity contribution >= 4 is 35.3 Å². The third-order valence-electron chi connectivity index (χ3n) is 4.77. The third-order valence-corrected chi connectivity index (χ3v) is 5.02. The molecule has 0 aliphatic carbocycles. The number of hydrogen-bond acceptors (Lipinski definition) is 4. The van der Waals surface area contributed by atoms with E-state index in [0.29, 0.717) is 10.6 Å². The third kappa shape index (κ3) is 4.78. The number of ketones is 1. The molecule has 0 bridgehead atoms. The van der Waals surface area contributed by atoms with Crippen molar-refractivity contribution in [3.8, 4) is 0 Å². The second kappa shape index (κ2) is 9.41. The number of aliphatic hydroxyl groups is 1. The number of nitrogens with zero attached hydrogens (tertiary/aromatic N) is 1. The Hall–Kier alpha value is -3.38. The van der Waals surface area contributed by atoms with Crippen LogP contribution < -0.4 is 0 Å². The highest BCUT2D eigenvalue weighted by molar-refractivity contribution is 6.30. The Kier molecular flexibility index (Phi) is 6.69. The highest BCUT2D eigenvalue weighted by Gasteiger charge is 2.42. The predicted octanol–water partition coefficient (Wildman–Crippen LogP) is 4.18. The van der Waals surface area contributed by atoms with E-state index in [-0.39, 0.29) is 25.0 Å². The van der Waals surface area contributed by atoms with Crippen LogP contribution in [-0.2, 0) is 14.4 Å². The average molecular weight is 426 g/mol. The van der Waals surface area contributed by atoms with Gasteiger partial charge in [0.25, 0.3) is 5.91 Å². The summed E-state index contributed by atoms with van der Waals surface area (Å²) in [6.07, 6.45) is 2.99. The van der Waals surface area contributed by atoms with E-state index in [1.54, 1.807) is 30.3 Å². The monoisotopic (exact) mass is 425 g/mol. The van der Waals surface area contributed by atoms with Crippen molar-refractivity contribution in [2.75, 3.05) is 6.54 Å². The highest BCUT2D eigenvalue weighted by Crippen LogP contribution is 2.38. The fourth-order valence-corrected chi connectivity index (χ4v) is 3.48. The molecule has 1 heterocycles. The molecular weight excluding hydrogens is 406 g/mol. The van der Waals surface area contributed by atoms with Crippen molar-refractivity contribution in [1.29, 1.82) is 0 Å². The zero-order valence-corrected chi connectivity index (χ0v) is 16.7. The van der Waals surface area contributed by atoms with E-state index < -0.39 is 29.5 Å². The molecule has 6 nitrogen and oxygen atoms in total. The number of amides is 1. The fraction of sp³-hybridized carbons (Fsp3) is 0.174. The lowest BCUT2D eigenvalue weighted by molar-refractivity contribution is -0.138. The number of aliphatic carboxylic acids is 1. The van der Waals surface area contributed by atoms with Gasteiger partial charge in [0.2, 0.25) is 0 Å². The van der Waals surface area contributed by atoms with E-state index in [1.165, 1.54) is 11.0 Å². The van der Waals surface area contributed by atoms with Crippen molar-refractivity contribution in [3.63, 3.8) is 0 Å². The van der Waals surface area contributed by atoms with Gasteiger partial charge in [0, 0.05) is 18.0 Å². The molecular formula is C23H20ClNO5. The molecule has 0 unspecified atom stereocenters. The zero-order valence-electron chi connectivity index (χ0n) is 16.0. The maximum absolute atomic E-state index is 12.9. The molecule has 1 aliphatic heterocycles. The van der Waals surface area contributed by atoms with Crippen LogP contribution in [-0.4, -0.2) is 39.3 Å². The maximum atomic E-state index is 12.9. The largest absolute Gasteiger partial charge is 0.503 e.